The number of hydrogen-bond acceptors (Lipinski definition) is 6. The van der Waals surface area contributed by atoms with E-state index in [0.717, 1.165) is 5.39 Å². The Bertz CT molecular complexity index is 660. The van der Waals surface area contributed by atoms with Gasteiger partial charge >= 0.3 is 0 Å². The number of ether oxygens (including phenoxy) is 1. The first-order chi connectivity index (χ1) is 11.0. The summed E-state index contributed by atoms with van der Waals surface area (Å²) in [5.74, 6) is 0.0791. The van der Waals surface area contributed by atoms with Gasteiger partial charge in [-0.25, -0.2) is 0 Å². The van der Waals surface area contributed by atoms with Crippen LogP contribution in [-0.2, 0) is 4.74 Å². The second kappa shape index (κ2) is 6.41. The molecule has 2 aromatic rings. The number of aliphatic hydroxyl groups is 3. The van der Waals surface area contributed by atoms with E-state index in [1.54, 1.807) is 19.1 Å². The van der Waals surface area contributed by atoms with E-state index in [1.807, 2.05) is 18.2 Å². The molecule has 1 saturated heterocycles. The Balaban J connectivity index is 1.64. The van der Waals surface area contributed by atoms with Crippen molar-refractivity contribution in [2.45, 2.75) is 50.3 Å². The van der Waals surface area contributed by atoms with Crippen LogP contribution in [0.15, 0.2) is 34.7 Å². The Morgan fingerprint density at radius 2 is 1.87 bits per heavy atom. The second-order valence-corrected chi connectivity index (χ2v) is 5.96. The number of fused-ring (bicyclic) bond motifs is 1. The monoisotopic (exact) mass is 320 g/mol. The molecule has 1 aromatic heterocycles. The molecule has 1 aliphatic rings. The molecular formula is C17H20O6. The van der Waals surface area contributed by atoms with Gasteiger partial charge in [-0.3, -0.25) is 4.79 Å². The maximum Gasteiger partial charge on any atom is 0.198 e. The summed E-state index contributed by atoms with van der Waals surface area (Å²) in [5.41, 5.74) is 0.650. The minimum atomic E-state index is -1.27. The van der Waals surface area contributed by atoms with Crippen LogP contribution in [0.3, 0.4) is 0 Å². The molecule has 0 bridgehead atoms. The summed E-state index contributed by atoms with van der Waals surface area (Å²) in [6, 6.07) is 9.05. The molecule has 23 heavy (non-hydrogen) atoms. The van der Waals surface area contributed by atoms with E-state index in [2.05, 4.69) is 0 Å². The number of rotatable bonds is 4. The van der Waals surface area contributed by atoms with Crippen LogP contribution in [0.4, 0.5) is 0 Å². The van der Waals surface area contributed by atoms with E-state index < -0.39 is 30.5 Å². The van der Waals surface area contributed by atoms with Crippen LogP contribution in [-0.4, -0.2) is 51.6 Å². The first-order valence-corrected chi connectivity index (χ1v) is 7.69. The minimum absolute atomic E-state index is 0.122. The van der Waals surface area contributed by atoms with Crippen molar-refractivity contribution < 1.29 is 29.3 Å². The number of furan rings is 1. The van der Waals surface area contributed by atoms with Gasteiger partial charge in [0.25, 0.3) is 0 Å². The van der Waals surface area contributed by atoms with Gasteiger partial charge in [-0.05, 0) is 25.5 Å². The molecule has 2 unspecified atom stereocenters. The zero-order valence-electron chi connectivity index (χ0n) is 12.8. The van der Waals surface area contributed by atoms with Crippen LogP contribution in [0.1, 0.15) is 30.3 Å². The molecule has 0 saturated carbocycles. The molecule has 0 spiro atoms. The quantitative estimate of drug-likeness (QED) is 0.734. The first kappa shape index (κ1) is 16.1. The highest BCUT2D eigenvalue weighted by Crippen LogP contribution is 2.25. The molecule has 0 radical (unpaired) electrons. The first-order valence-electron chi connectivity index (χ1n) is 7.69. The van der Waals surface area contributed by atoms with Crippen molar-refractivity contribution in [1.82, 2.24) is 0 Å². The van der Waals surface area contributed by atoms with Gasteiger partial charge in [0.15, 0.2) is 11.5 Å². The average molecular weight is 320 g/mol. The summed E-state index contributed by atoms with van der Waals surface area (Å²) in [6.07, 6.45) is -4.55. The predicted molar refractivity (Wildman–Crippen MR) is 82.1 cm³/mol. The van der Waals surface area contributed by atoms with E-state index in [4.69, 9.17) is 9.15 Å². The van der Waals surface area contributed by atoms with Gasteiger partial charge in [-0.2, -0.15) is 0 Å². The molecule has 0 amide bonds. The smallest absolute Gasteiger partial charge is 0.198 e. The van der Waals surface area contributed by atoms with Crippen LogP contribution in [0.2, 0.25) is 0 Å². The third-order valence-electron chi connectivity index (χ3n) is 4.31. The Morgan fingerprint density at radius 1 is 1.13 bits per heavy atom. The highest BCUT2D eigenvalue weighted by Gasteiger charge is 2.41. The van der Waals surface area contributed by atoms with E-state index in [0.29, 0.717) is 5.58 Å². The number of ketones is 1. The Hall–Kier alpha value is -1.73. The molecule has 1 aromatic carbocycles. The number of Topliss-reactive ketones (excluding diaryl/α,β-unsaturated/α-hetero) is 1. The fourth-order valence-corrected chi connectivity index (χ4v) is 2.89. The van der Waals surface area contributed by atoms with E-state index in [9.17, 15) is 20.1 Å². The zero-order chi connectivity index (χ0) is 16.6. The van der Waals surface area contributed by atoms with E-state index in [-0.39, 0.29) is 24.4 Å². The summed E-state index contributed by atoms with van der Waals surface area (Å²) in [5, 5.41) is 30.2. The van der Waals surface area contributed by atoms with Gasteiger partial charge in [-0.1, -0.05) is 18.2 Å². The molecule has 1 fully saturated rings. The number of hydrogen-bond donors (Lipinski definition) is 3. The van der Waals surface area contributed by atoms with Crippen LogP contribution in [0.25, 0.3) is 11.0 Å². The third-order valence-corrected chi connectivity index (χ3v) is 4.31. The number of para-hydroxylation sites is 1. The van der Waals surface area contributed by atoms with Crippen molar-refractivity contribution in [1.29, 1.82) is 0 Å². The van der Waals surface area contributed by atoms with E-state index >= 15 is 0 Å². The maximum absolute atomic E-state index is 12.2. The van der Waals surface area contributed by atoms with Crippen molar-refractivity contribution in [3.8, 4) is 0 Å². The predicted octanol–water partition coefficient (Wildman–Crippen LogP) is 1.27. The molecule has 6 nitrogen and oxygen atoms in total. The summed E-state index contributed by atoms with van der Waals surface area (Å²) >= 11 is 0. The molecular weight excluding hydrogens is 300 g/mol. The highest BCUT2D eigenvalue weighted by atomic mass is 16.5. The van der Waals surface area contributed by atoms with E-state index in [1.165, 1.54) is 0 Å². The van der Waals surface area contributed by atoms with Gasteiger partial charge in [0.2, 0.25) is 0 Å². The van der Waals surface area contributed by atoms with Crippen LogP contribution in [0, 0.1) is 0 Å². The van der Waals surface area contributed by atoms with Crippen molar-refractivity contribution in [2.24, 2.45) is 0 Å². The average Bonchev–Trinajstić information content (AvgIpc) is 2.99. The Kier molecular flexibility index (Phi) is 4.50. The number of carbonyl (C=O) groups excluding carboxylic acids is 1. The Labute approximate surface area is 133 Å². The largest absolute Gasteiger partial charge is 0.453 e. The molecule has 6 heteroatoms. The maximum atomic E-state index is 12.2. The van der Waals surface area contributed by atoms with Crippen LogP contribution >= 0.6 is 0 Å². The molecule has 124 valence electrons. The summed E-state index contributed by atoms with van der Waals surface area (Å²) in [7, 11) is 0. The second-order valence-electron chi connectivity index (χ2n) is 5.96. The van der Waals surface area contributed by atoms with Crippen molar-refractivity contribution in [3.05, 3.63) is 36.1 Å². The van der Waals surface area contributed by atoms with Gasteiger partial charge in [0.1, 0.15) is 23.9 Å². The Morgan fingerprint density at radius 3 is 2.61 bits per heavy atom. The van der Waals surface area contributed by atoms with Crippen molar-refractivity contribution in [2.75, 3.05) is 0 Å². The number of carbonyl (C=O) groups is 1. The molecule has 5 atom stereocenters. The minimum Gasteiger partial charge on any atom is -0.453 e. The number of aliphatic hydroxyl groups excluding tert-OH is 3. The van der Waals surface area contributed by atoms with Crippen LogP contribution in [0.5, 0.6) is 0 Å². The van der Waals surface area contributed by atoms with Crippen LogP contribution < -0.4 is 0 Å². The SMILES string of the molecule is CC1O[C@H](CCC(=O)c2cc3ccccc3o2)C(O)[C@@H](O)[C@@H]1O. The van der Waals surface area contributed by atoms with Gasteiger partial charge in [-0.15, -0.1) is 0 Å². The summed E-state index contributed by atoms with van der Waals surface area (Å²) in [4.78, 5) is 12.2. The molecule has 3 rings (SSSR count). The lowest BCUT2D eigenvalue weighted by Gasteiger charge is -2.39. The molecule has 2 heterocycles. The lowest BCUT2D eigenvalue weighted by Crippen LogP contribution is -2.56. The third kappa shape index (κ3) is 3.16. The highest BCUT2D eigenvalue weighted by molar-refractivity contribution is 5.97. The normalized spacial score (nSPS) is 31.4. The van der Waals surface area contributed by atoms with Gasteiger partial charge in [0, 0.05) is 11.8 Å². The fraction of sp³-hybridized carbons (Fsp3) is 0.471. The lowest BCUT2D eigenvalue weighted by molar-refractivity contribution is -0.217. The zero-order valence-corrected chi connectivity index (χ0v) is 12.8. The topological polar surface area (TPSA) is 100 Å². The standard InChI is InChI=1S/C17H20O6/c1-9-15(19)17(21)16(20)13(22-9)7-6-11(18)14-8-10-4-2-3-5-12(10)23-14/h2-5,8-9,13,15-17,19-21H,6-7H2,1H3/t9?,13-,15-,16?,17+/m1/s1. The summed E-state index contributed by atoms with van der Waals surface area (Å²) < 4.78 is 11.0. The van der Waals surface area contributed by atoms with Crippen molar-refractivity contribution in [3.63, 3.8) is 0 Å². The molecule has 0 aliphatic carbocycles. The molecule has 3 N–H and O–H groups in total. The van der Waals surface area contributed by atoms with Crippen molar-refractivity contribution >= 4 is 16.8 Å². The molecule has 1 aliphatic heterocycles. The lowest BCUT2D eigenvalue weighted by atomic mass is 9.92. The van der Waals surface area contributed by atoms with Gasteiger partial charge in [0.05, 0.1) is 12.2 Å². The van der Waals surface area contributed by atoms with Gasteiger partial charge < -0.3 is 24.5 Å². The summed E-state index contributed by atoms with van der Waals surface area (Å²) in [6.45, 7) is 1.62. The number of benzene rings is 1. The fourth-order valence-electron chi connectivity index (χ4n) is 2.89.